The molecule has 3 N–H and O–H groups in total. The Bertz CT molecular complexity index is 2080. The highest BCUT2D eigenvalue weighted by Crippen LogP contribution is 2.47. The monoisotopic (exact) mass is 781 g/mol. The number of aromatic nitrogens is 1. The van der Waals surface area contributed by atoms with Crippen molar-refractivity contribution >= 4 is 38.8 Å². The molecule has 4 fully saturated rings. The van der Waals surface area contributed by atoms with Gasteiger partial charge in [-0.3, -0.25) is 19.6 Å². The zero-order valence-corrected chi connectivity index (χ0v) is 33.2. The molecule has 3 heterocycles. The molecule has 298 valence electrons. The number of allylic oxidation sites excluding steroid dienone is 1. The summed E-state index contributed by atoms with van der Waals surface area (Å²) in [6.45, 7) is 5.00. The number of hydrogen-bond donors (Lipinski definition) is 3. The lowest BCUT2D eigenvalue weighted by Gasteiger charge is -2.36. The topological polar surface area (TPSA) is 139 Å². The van der Waals surface area contributed by atoms with Gasteiger partial charge in [-0.15, -0.1) is 6.58 Å². The Hall–Kier alpha value is -4.26. The van der Waals surface area contributed by atoms with Gasteiger partial charge in [-0.05, 0) is 69.9 Å². The normalized spacial score (nSPS) is 28.2. The Labute approximate surface area is 330 Å². The van der Waals surface area contributed by atoms with E-state index in [1.54, 1.807) is 13.2 Å². The number of hydrogen-bond acceptors (Lipinski definition) is 9. The fourth-order valence-electron chi connectivity index (χ4n) is 9.02. The Kier molecular flexibility index (Phi) is 11.2. The van der Waals surface area contributed by atoms with E-state index < -0.39 is 39.0 Å². The molecule has 5 atom stereocenters. The molecule has 2 aliphatic heterocycles. The van der Waals surface area contributed by atoms with Gasteiger partial charge in [0.1, 0.15) is 23.1 Å². The molecule has 3 aliphatic carbocycles. The molecule has 1 aromatic heterocycles. The van der Waals surface area contributed by atoms with Gasteiger partial charge in [0.15, 0.2) is 0 Å². The van der Waals surface area contributed by atoms with Crippen molar-refractivity contribution in [3.05, 3.63) is 72.8 Å². The second kappa shape index (κ2) is 16.3. The van der Waals surface area contributed by atoms with Gasteiger partial charge in [-0.1, -0.05) is 74.2 Å². The standard InChI is InChI=1S/C44H55N5O6S/c1-3-32-27-44(32,43(51)48-56(52,53)34-20-21-34)47-40-24-33-28-49(40)42(50)41(30-17-12-8-13-18-30)45-22-14-6-4-5-9-19-31-23-35-37(26-38(31)54-2)46-36(25-39(35)55-33)29-15-10-7-11-16-29/h3,7,9-11,15-16,19,23,25-26,30,32-34,40-41,45,47H,1,4-6,8,12-14,17-18,20-22,24,27-28H2,2H3,(H,48,51)/b19-9+/t32-,33-,40+,41+,44-/m1/s1. The zero-order valence-electron chi connectivity index (χ0n) is 32.4. The van der Waals surface area contributed by atoms with Crippen LogP contribution < -0.4 is 24.8 Å². The maximum Gasteiger partial charge on any atom is 0.254 e. The molecule has 3 saturated carbocycles. The second-order valence-corrected chi connectivity index (χ2v) is 18.3. The van der Waals surface area contributed by atoms with Crippen LogP contribution in [0.25, 0.3) is 28.2 Å². The first-order valence-electron chi connectivity index (χ1n) is 20.6. The van der Waals surface area contributed by atoms with E-state index in [1.165, 1.54) is 6.42 Å². The fraction of sp³-hybridized carbons (Fsp3) is 0.523. The first-order chi connectivity index (χ1) is 27.2. The molecule has 12 heteroatoms. The summed E-state index contributed by atoms with van der Waals surface area (Å²) in [6.07, 6.45) is 16.2. The van der Waals surface area contributed by atoms with Crippen LogP contribution in [0.2, 0.25) is 0 Å². The van der Waals surface area contributed by atoms with Gasteiger partial charge in [0, 0.05) is 41.0 Å². The minimum absolute atomic E-state index is 0.00176. The average molecular weight is 782 g/mol. The van der Waals surface area contributed by atoms with Crippen LogP contribution >= 0.6 is 0 Å². The summed E-state index contributed by atoms with van der Waals surface area (Å²) in [6, 6.07) is 15.6. The third-order valence-corrected chi connectivity index (χ3v) is 14.3. The van der Waals surface area contributed by atoms with Crippen molar-refractivity contribution in [2.24, 2.45) is 11.8 Å². The molecule has 2 amide bonds. The van der Waals surface area contributed by atoms with Crippen LogP contribution in [0.4, 0.5) is 0 Å². The molecule has 11 nitrogen and oxygen atoms in total. The van der Waals surface area contributed by atoms with Gasteiger partial charge < -0.3 is 19.7 Å². The number of methoxy groups -OCH3 is 1. The van der Waals surface area contributed by atoms with E-state index >= 15 is 4.79 Å². The van der Waals surface area contributed by atoms with Crippen molar-refractivity contribution in [1.29, 1.82) is 0 Å². The predicted octanol–water partition coefficient (Wildman–Crippen LogP) is 6.48. The summed E-state index contributed by atoms with van der Waals surface area (Å²) in [4.78, 5) is 35.9. The number of amides is 2. The maximum atomic E-state index is 15.0. The molecule has 5 aliphatic rings. The number of pyridine rings is 1. The van der Waals surface area contributed by atoms with Gasteiger partial charge in [0.05, 0.1) is 42.3 Å². The first kappa shape index (κ1) is 38.6. The smallest absolute Gasteiger partial charge is 0.254 e. The van der Waals surface area contributed by atoms with Crippen LogP contribution in [-0.4, -0.2) is 79.4 Å². The van der Waals surface area contributed by atoms with E-state index in [1.807, 2.05) is 47.4 Å². The van der Waals surface area contributed by atoms with Crippen LogP contribution in [0, 0.1) is 11.8 Å². The van der Waals surface area contributed by atoms with E-state index in [2.05, 4.69) is 40.2 Å². The summed E-state index contributed by atoms with van der Waals surface area (Å²) in [5.74, 6) is 0.707. The zero-order chi connectivity index (χ0) is 38.9. The number of carbonyl (C=O) groups is 2. The molecule has 4 bridgehead atoms. The quantitative estimate of drug-likeness (QED) is 0.208. The van der Waals surface area contributed by atoms with Crippen LogP contribution in [0.1, 0.15) is 89.0 Å². The molecule has 3 aromatic rings. The molecule has 0 radical (unpaired) electrons. The molecular formula is C44H55N5O6S. The van der Waals surface area contributed by atoms with Gasteiger partial charge >= 0.3 is 0 Å². The number of nitrogens with one attached hydrogen (secondary N) is 3. The number of benzene rings is 2. The number of sulfonamides is 1. The number of fused-ring (bicyclic) bond motifs is 3. The van der Waals surface area contributed by atoms with E-state index in [0.29, 0.717) is 38.0 Å². The fourth-order valence-corrected chi connectivity index (χ4v) is 10.4. The number of carbonyl (C=O) groups excluding carboxylic acids is 2. The highest BCUT2D eigenvalue weighted by atomic mass is 32.2. The first-order valence-corrected chi connectivity index (χ1v) is 22.2. The van der Waals surface area contributed by atoms with Crippen molar-refractivity contribution in [1.82, 2.24) is 25.2 Å². The van der Waals surface area contributed by atoms with Crippen LogP contribution in [-0.2, 0) is 19.6 Å². The third kappa shape index (κ3) is 8.11. The Morgan fingerprint density at radius 1 is 1.05 bits per heavy atom. The molecule has 2 aromatic carbocycles. The van der Waals surface area contributed by atoms with Gasteiger partial charge in [-0.2, -0.15) is 0 Å². The molecular weight excluding hydrogens is 727 g/mol. The predicted molar refractivity (Wildman–Crippen MR) is 218 cm³/mol. The lowest BCUT2D eigenvalue weighted by atomic mass is 9.83. The Morgan fingerprint density at radius 2 is 1.84 bits per heavy atom. The van der Waals surface area contributed by atoms with E-state index in [4.69, 9.17) is 14.5 Å². The van der Waals surface area contributed by atoms with Crippen molar-refractivity contribution in [2.45, 2.75) is 113 Å². The number of rotatable bonds is 9. The molecule has 0 unspecified atom stereocenters. The lowest BCUT2D eigenvalue weighted by Crippen LogP contribution is -2.60. The molecule has 56 heavy (non-hydrogen) atoms. The second-order valence-electron chi connectivity index (χ2n) is 16.4. The highest BCUT2D eigenvalue weighted by Gasteiger charge is 2.62. The van der Waals surface area contributed by atoms with Crippen LogP contribution in [0.3, 0.4) is 0 Å². The van der Waals surface area contributed by atoms with Crippen molar-refractivity contribution in [3.63, 3.8) is 0 Å². The number of nitrogens with zero attached hydrogens (tertiary/aromatic N) is 2. The van der Waals surface area contributed by atoms with Crippen LogP contribution in [0.5, 0.6) is 11.5 Å². The SMILES string of the molecule is C=C[C@@H]1C[C@]1(N[C@@H]1C[C@@H]2CN1C(=O)[C@H](C1CCCCC1)NCCCCC/C=C/c1cc3c(cc(-c4ccccc4)nc3cc1OC)O2)C(=O)NS(=O)(=O)C1CC1. The lowest BCUT2D eigenvalue weighted by molar-refractivity contribution is -0.138. The van der Waals surface area contributed by atoms with E-state index in [0.717, 1.165) is 91.4 Å². The minimum Gasteiger partial charge on any atom is -0.496 e. The highest BCUT2D eigenvalue weighted by molar-refractivity contribution is 7.91. The Morgan fingerprint density at radius 3 is 2.57 bits per heavy atom. The average Bonchev–Trinajstić information content (AvgIpc) is 4.14. The van der Waals surface area contributed by atoms with Gasteiger partial charge in [0.2, 0.25) is 15.9 Å². The number of ether oxygens (including phenoxy) is 2. The van der Waals surface area contributed by atoms with E-state index in [9.17, 15) is 13.2 Å². The molecule has 1 saturated heterocycles. The Balaban J connectivity index is 1.18. The minimum atomic E-state index is -3.78. The van der Waals surface area contributed by atoms with Crippen molar-refractivity contribution in [2.75, 3.05) is 20.2 Å². The van der Waals surface area contributed by atoms with E-state index in [-0.39, 0.29) is 23.8 Å². The van der Waals surface area contributed by atoms with Gasteiger partial charge in [0.25, 0.3) is 5.91 Å². The van der Waals surface area contributed by atoms with Crippen LogP contribution in [0.15, 0.2) is 67.3 Å². The summed E-state index contributed by atoms with van der Waals surface area (Å²) in [7, 11) is -2.11. The van der Waals surface area contributed by atoms with Gasteiger partial charge in [-0.25, -0.2) is 13.4 Å². The maximum absolute atomic E-state index is 15.0. The largest absolute Gasteiger partial charge is 0.496 e. The third-order valence-electron chi connectivity index (χ3n) is 12.5. The summed E-state index contributed by atoms with van der Waals surface area (Å²) < 4.78 is 41.2. The summed E-state index contributed by atoms with van der Waals surface area (Å²) in [5.41, 5.74) is 2.15. The molecule has 8 rings (SSSR count). The molecule has 0 spiro atoms. The summed E-state index contributed by atoms with van der Waals surface area (Å²) >= 11 is 0. The van der Waals surface area contributed by atoms with Crippen molar-refractivity contribution < 1.29 is 27.5 Å². The van der Waals surface area contributed by atoms with Crippen molar-refractivity contribution in [3.8, 4) is 22.8 Å². The summed E-state index contributed by atoms with van der Waals surface area (Å²) in [5, 5.41) is 7.55.